The van der Waals surface area contributed by atoms with Gasteiger partial charge in [0.25, 0.3) is 0 Å². The minimum absolute atomic E-state index is 0.0277. The number of rotatable bonds is 8. The Balaban J connectivity index is 3.83. The minimum atomic E-state index is -0.304. The first-order chi connectivity index (χ1) is 7.91. The van der Waals surface area contributed by atoms with E-state index >= 15 is 0 Å². The minimum Gasteiger partial charge on any atom is -0.393 e. The van der Waals surface area contributed by atoms with Gasteiger partial charge in [0.1, 0.15) is 0 Å². The van der Waals surface area contributed by atoms with Gasteiger partial charge in [0.05, 0.1) is 24.4 Å². The number of aliphatic hydroxyl groups is 2. The lowest BCUT2D eigenvalue weighted by Crippen LogP contribution is -2.13. The molecular weight excluding hydrogens is 216 g/mol. The summed E-state index contributed by atoms with van der Waals surface area (Å²) < 4.78 is 5.68. The van der Waals surface area contributed by atoms with E-state index in [1.165, 1.54) is 0 Å². The fourth-order valence-corrected chi connectivity index (χ4v) is 1.36. The second-order valence-electron chi connectivity index (χ2n) is 4.57. The first kappa shape index (κ1) is 16.4. The van der Waals surface area contributed by atoms with Gasteiger partial charge in [-0.3, -0.25) is 0 Å². The van der Waals surface area contributed by atoms with Gasteiger partial charge in [-0.15, -0.1) is 0 Å². The van der Waals surface area contributed by atoms with E-state index in [2.05, 4.69) is 0 Å². The molecule has 100 valence electrons. The lowest BCUT2D eigenvalue weighted by molar-refractivity contribution is 0.0625. The first-order valence-corrected chi connectivity index (χ1v) is 6.26. The van der Waals surface area contributed by atoms with Crippen LogP contribution in [-0.4, -0.2) is 34.6 Å². The Morgan fingerprint density at radius 2 is 1.18 bits per heavy atom. The monoisotopic (exact) mass is 242 g/mol. The Kier molecular flexibility index (Phi) is 9.04. The van der Waals surface area contributed by atoms with E-state index in [4.69, 9.17) is 14.9 Å². The van der Waals surface area contributed by atoms with Crippen molar-refractivity contribution in [3.63, 3.8) is 0 Å². The Labute approximate surface area is 105 Å². The van der Waals surface area contributed by atoms with Crippen molar-refractivity contribution in [1.29, 1.82) is 0 Å². The zero-order valence-corrected chi connectivity index (χ0v) is 11.3. The van der Waals surface area contributed by atoms with Crippen LogP contribution in [0.15, 0.2) is 24.3 Å². The molecule has 3 heteroatoms. The second-order valence-corrected chi connectivity index (χ2v) is 4.57. The largest absolute Gasteiger partial charge is 0.393 e. The van der Waals surface area contributed by atoms with Crippen molar-refractivity contribution in [1.82, 2.24) is 0 Å². The van der Waals surface area contributed by atoms with Gasteiger partial charge < -0.3 is 14.9 Å². The van der Waals surface area contributed by atoms with Crippen molar-refractivity contribution in [3.05, 3.63) is 24.3 Å². The highest BCUT2D eigenvalue weighted by Crippen LogP contribution is 2.04. The Morgan fingerprint density at radius 1 is 0.824 bits per heavy atom. The molecule has 0 saturated heterocycles. The summed E-state index contributed by atoms with van der Waals surface area (Å²) in [6, 6.07) is 0. The zero-order valence-electron chi connectivity index (χ0n) is 11.3. The molecule has 4 unspecified atom stereocenters. The van der Waals surface area contributed by atoms with Crippen molar-refractivity contribution in [2.24, 2.45) is 0 Å². The molecule has 0 fully saturated rings. The van der Waals surface area contributed by atoms with Crippen molar-refractivity contribution in [2.45, 2.75) is 65.0 Å². The maximum absolute atomic E-state index is 9.09. The molecule has 0 aliphatic carbocycles. The van der Waals surface area contributed by atoms with E-state index in [9.17, 15) is 0 Å². The SMILES string of the molecule is CC(O)CC=CC(C)OC(C)C=CCC(C)O. The van der Waals surface area contributed by atoms with Gasteiger partial charge in [-0.25, -0.2) is 0 Å². The van der Waals surface area contributed by atoms with E-state index in [-0.39, 0.29) is 24.4 Å². The Morgan fingerprint density at radius 3 is 1.47 bits per heavy atom. The summed E-state index contributed by atoms with van der Waals surface area (Å²) in [5, 5.41) is 18.2. The zero-order chi connectivity index (χ0) is 13.3. The van der Waals surface area contributed by atoms with Gasteiger partial charge in [0.15, 0.2) is 0 Å². The lowest BCUT2D eigenvalue weighted by atomic mass is 10.2. The summed E-state index contributed by atoms with van der Waals surface area (Å²) in [6.07, 6.45) is 8.52. The molecule has 0 saturated carbocycles. The maximum atomic E-state index is 9.09. The molecule has 2 N–H and O–H groups in total. The van der Waals surface area contributed by atoms with Gasteiger partial charge in [-0.05, 0) is 40.5 Å². The average Bonchev–Trinajstić information content (AvgIpc) is 2.15. The van der Waals surface area contributed by atoms with E-state index in [0.29, 0.717) is 12.8 Å². The van der Waals surface area contributed by atoms with Crippen molar-refractivity contribution >= 4 is 0 Å². The third kappa shape index (κ3) is 11.6. The predicted molar refractivity (Wildman–Crippen MR) is 70.9 cm³/mol. The topological polar surface area (TPSA) is 49.7 Å². The smallest absolute Gasteiger partial charge is 0.0735 e. The molecule has 0 heterocycles. The molecule has 0 aromatic rings. The summed E-state index contributed by atoms with van der Waals surface area (Å²) in [5.74, 6) is 0. The molecule has 0 aliphatic heterocycles. The van der Waals surface area contributed by atoms with Gasteiger partial charge in [-0.2, -0.15) is 0 Å². The molecule has 0 rings (SSSR count). The predicted octanol–water partition coefficient (Wildman–Crippen LogP) is 2.43. The fourth-order valence-electron chi connectivity index (χ4n) is 1.36. The molecular formula is C14H26O3. The van der Waals surface area contributed by atoms with E-state index < -0.39 is 0 Å². The van der Waals surface area contributed by atoms with Crippen molar-refractivity contribution in [2.75, 3.05) is 0 Å². The van der Waals surface area contributed by atoms with Crippen LogP contribution in [0, 0.1) is 0 Å². The number of ether oxygens (including phenoxy) is 1. The molecule has 0 radical (unpaired) electrons. The van der Waals surface area contributed by atoms with Crippen LogP contribution in [0.1, 0.15) is 40.5 Å². The summed E-state index contributed by atoms with van der Waals surface area (Å²) in [4.78, 5) is 0. The van der Waals surface area contributed by atoms with E-state index in [1.807, 2.05) is 38.2 Å². The van der Waals surface area contributed by atoms with Gasteiger partial charge in [-0.1, -0.05) is 24.3 Å². The van der Waals surface area contributed by atoms with Gasteiger partial charge >= 0.3 is 0 Å². The number of hydrogen-bond acceptors (Lipinski definition) is 3. The van der Waals surface area contributed by atoms with Crippen LogP contribution >= 0.6 is 0 Å². The van der Waals surface area contributed by atoms with Crippen molar-refractivity contribution in [3.8, 4) is 0 Å². The average molecular weight is 242 g/mol. The van der Waals surface area contributed by atoms with Gasteiger partial charge in [0, 0.05) is 0 Å². The lowest BCUT2D eigenvalue weighted by Gasteiger charge is -2.13. The third-order valence-corrected chi connectivity index (χ3v) is 2.20. The molecule has 0 aromatic carbocycles. The molecule has 4 atom stereocenters. The molecule has 17 heavy (non-hydrogen) atoms. The highest BCUT2D eigenvalue weighted by Gasteiger charge is 2.02. The van der Waals surface area contributed by atoms with Crippen LogP contribution in [0.25, 0.3) is 0 Å². The van der Waals surface area contributed by atoms with Crippen LogP contribution in [0.2, 0.25) is 0 Å². The van der Waals surface area contributed by atoms with Gasteiger partial charge in [0.2, 0.25) is 0 Å². The van der Waals surface area contributed by atoms with Crippen LogP contribution in [-0.2, 0) is 4.74 Å². The first-order valence-electron chi connectivity index (χ1n) is 6.26. The maximum Gasteiger partial charge on any atom is 0.0735 e. The summed E-state index contributed by atoms with van der Waals surface area (Å²) in [6.45, 7) is 7.46. The molecule has 0 bridgehead atoms. The third-order valence-electron chi connectivity index (χ3n) is 2.20. The number of hydrogen-bond donors (Lipinski definition) is 2. The molecule has 0 aliphatic rings. The standard InChI is InChI=1S/C14H26O3/c1-11(15)7-5-9-13(3)17-14(4)10-6-8-12(2)16/h5-6,9-16H,7-8H2,1-4H3. The molecule has 0 aromatic heterocycles. The summed E-state index contributed by atoms with van der Waals surface area (Å²) in [7, 11) is 0. The van der Waals surface area contributed by atoms with E-state index in [0.717, 1.165) is 0 Å². The quantitative estimate of drug-likeness (QED) is 0.643. The second kappa shape index (κ2) is 9.40. The number of aliphatic hydroxyl groups excluding tert-OH is 2. The molecule has 0 spiro atoms. The summed E-state index contributed by atoms with van der Waals surface area (Å²) in [5.41, 5.74) is 0. The highest BCUT2D eigenvalue weighted by molar-refractivity contribution is 4.92. The van der Waals surface area contributed by atoms with E-state index in [1.54, 1.807) is 13.8 Å². The highest BCUT2D eigenvalue weighted by atomic mass is 16.5. The normalized spacial score (nSPS) is 19.6. The van der Waals surface area contributed by atoms with Crippen LogP contribution in [0.4, 0.5) is 0 Å². The summed E-state index contributed by atoms with van der Waals surface area (Å²) >= 11 is 0. The van der Waals surface area contributed by atoms with Crippen molar-refractivity contribution < 1.29 is 14.9 Å². The Bertz CT molecular complexity index is 208. The van der Waals surface area contributed by atoms with Crippen LogP contribution in [0.3, 0.4) is 0 Å². The van der Waals surface area contributed by atoms with Crippen LogP contribution in [0.5, 0.6) is 0 Å². The molecule has 0 amide bonds. The van der Waals surface area contributed by atoms with Crippen LogP contribution < -0.4 is 0 Å². The Hall–Kier alpha value is -0.640. The fraction of sp³-hybridized carbons (Fsp3) is 0.714. The molecule has 3 nitrogen and oxygen atoms in total.